The van der Waals surface area contributed by atoms with Gasteiger partial charge < -0.3 is 4.57 Å². The first-order valence-electron chi connectivity index (χ1n) is 6.65. The van der Waals surface area contributed by atoms with E-state index < -0.39 is 0 Å². The maximum atomic E-state index is 5.71. The molecule has 0 aliphatic rings. The van der Waals surface area contributed by atoms with Crippen LogP contribution in [0.2, 0.25) is 0 Å². The lowest BCUT2D eigenvalue weighted by molar-refractivity contribution is 0.306. The van der Waals surface area contributed by atoms with Gasteiger partial charge in [-0.15, -0.1) is 0 Å². The lowest BCUT2D eigenvalue weighted by Gasteiger charge is -2.26. The zero-order chi connectivity index (χ0) is 12.7. The molecule has 0 aliphatic heterocycles. The summed E-state index contributed by atoms with van der Waals surface area (Å²) in [5.74, 6) is 7.46. The Morgan fingerprint density at radius 2 is 2.00 bits per heavy atom. The fourth-order valence-corrected chi connectivity index (χ4v) is 2.44. The standard InChI is InChI=1S/C13H26N4/c1-4-6-11(7-5-2)12(16-14)10-13-15-8-9-17(13)3/h8-9,11-12,16H,4-7,10,14H2,1-3H3. The molecular formula is C13H26N4. The number of hydrazine groups is 1. The van der Waals surface area contributed by atoms with Crippen molar-refractivity contribution in [2.24, 2.45) is 18.8 Å². The number of nitrogens with zero attached hydrogens (tertiary/aromatic N) is 2. The van der Waals surface area contributed by atoms with Gasteiger partial charge in [0.15, 0.2) is 0 Å². The van der Waals surface area contributed by atoms with E-state index in [-0.39, 0.29) is 0 Å². The van der Waals surface area contributed by atoms with Crippen molar-refractivity contribution in [3.8, 4) is 0 Å². The van der Waals surface area contributed by atoms with E-state index in [2.05, 4.69) is 28.8 Å². The van der Waals surface area contributed by atoms with Crippen molar-refractivity contribution in [2.75, 3.05) is 0 Å². The van der Waals surface area contributed by atoms with E-state index in [4.69, 9.17) is 5.84 Å². The van der Waals surface area contributed by atoms with Crippen molar-refractivity contribution in [3.63, 3.8) is 0 Å². The largest absolute Gasteiger partial charge is 0.338 e. The second kappa shape index (κ2) is 7.45. The molecule has 1 unspecified atom stereocenters. The van der Waals surface area contributed by atoms with Gasteiger partial charge in [0.05, 0.1) is 0 Å². The highest BCUT2D eigenvalue weighted by Crippen LogP contribution is 2.20. The minimum absolute atomic E-state index is 0.330. The lowest BCUT2D eigenvalue weighted by Crippen LogP contribution is -2.43. The summed E-state index contributed by atoms with van der Waals surface area (Å²) in [4.78, 5) is 4.37. The van der Waals surface area contributed by atoms with Gasteiger partial charge in [0, 0.05) is 31.9 Å². The molecule has 1 atom stereocenters. The van der Waals surface area contributed by atoms with Crippen molar-refractivity contribution in [1.29, 1.82) is 0 Å². The van der Waals surface area contributed by atoms with Gasteiger partial charge in [-0.05, 0) is 18.8 Å². The second-order valence-corrected chi connectivity index (χ2v) is 4.77. The van der Waals surface area contributed by atoms with Crippen molar-refractivity contribution < 1.29 is 0 Å². The Kier molecular flexibility index (Phi) is 6.22. The molecule has 1 aromatic rings. The van der Waals surface area contributed by atoms with E-state index >= 15 is 0 Å². The summed E-state index contributed by atoms with van der Waals surface area (Å²) in [5, 5.41) is 0. The van der Waals surface area contributed by atoms with Crippen LogP contribution in [0.25, 0.3) is 0 Å². The molecule has 1 heterocycles. The molecule has 1 aromatic heterocycles. The van der Waals surface area contributed by atoms with Gasteiger partial charge >= 0.3 is 0 Å². The first-order chi connectivity index (χ1) is 8.22. The van der Waals surface area contributed by atoms with Crippen LogP contribution in [0.15, 0.2) is 12.4 Å². The third-order valence-corrected chi connectivity index (χ3v) is 3.43. The van der Waals surface area contributed by atoms with Crippen LogP contribution in [0.4, 0.5) is 0 Å². The smallest absolute Gasteiger partial charge is 0.109 e. The van der Waals surface area contributed by atoms with Crippen LogP contribution in [0.5, 0.6) is 0 Å². The predicted molar refractivity (Wildman–Crippen MR) is 71.3 cm³/mol. The zero-order valence-electron chi connectivity index (χ0n) is 11.3. The average Bonchev–Trinajstić information content (AvgIpc) is 2.71. The zero-order valence-corrected chi connectivity index (χ0v) is 11.3. The van der Waals surface area contributed by atoms with Crippen LogP contribution in [0, 0.1) is 5.92 Å². The fraction of sp³-hybridized carbons (Fsp3) is 0.769. The number of nitrogens with two attached hydrogens (primary N) is 1. The third-order valence-electron chi connectivity index (χ3n) is 3.43. The monoisotopic (exact) mass is 238 g/mol. The molecule has 3 N–H and O–H groups in total. The number of nitrogens with one attached hydrogen (secondary N) is 1. The van der Waals surface area contributed by atoms with E-state index in [9.17, 15) is 0 Å². The molecule has 4 nitrogen and oxygen atoms in total. The third kappa shape index (κ3) is 4.13. The van der Waals surface area contributed by atoms with Gasteiger partial charge in [0.2, 0.25) is 0 Å². The maximum absolute atomic E-state index is 5.71. The van der Waals surface area contributed by atoms with Crippen molar-refractivity contribution in [3.05, 3.63) is 18.2 Å². The predicted octanol–water partition coefficient (Wildman–Crippen LogP) is 2.01. The van der Waals surface area contributed by atoms with Crippen LogP contribution < -0.4 is 11.3 Å². The summed E-state index contributed by atoms with van der Waals surface area (Å²) in [6, 6.07) is 0.330. The highest BCUT2D eigenvalue weighted by molar-refractivity contribution is 4.95. The van der Waals surface area contributed by atoms with Crippen LogP contribution in [0.3, 0.4) is 0 Å². The molecule has 0 spiro atoms. The van der Waals surface area contributed by atoms with Crippen molar-refractivity contribution >= 4 is 0 Å². The summed E-state index contributed by atoms with van der Waals surface area (Å²) in [6.45, 7) is 4.47. The van der Waals surface area contributed by atoms with Gasteiger partial charge in [-0.1, -0.05) is 26.7 Å². The molecule has 1 rings (SSSR count). The topological polar surface area (TPSA) is 55.9 Å². The molecular weight excluding hydrogens is 212 g/mol. The normalized spacial score (nSPS) is 13.2. The average molecular weight is 238 g/mol. The molecule has 0 aliphatic carbocycles. The van der Waals surface area contributed by atoms with E-state index in [0.29, 0.717) is 12.0 Å². The Morgan fingerprint density at radius 3 is 2.41 bits per heavy atom. The molecule has 0 saturated carbocycles. The lowest BCUT2D eigenvalue weighted by atomic mass is 9.89. The number of aromatic nitrogens is 2. The van der Waals surface area contributed by atoms with E-state index in [1.165, 1.54) is 25.7 Å². The van der Waals surface area contributed by atoms with Gasteiger partial charge in [-0.25, -0.2) is 4.98 Å². The molecule has 17 heavy (non-hydrogen) atoms. The fourth-order valence-electron chi connectivity index (χ4n) is 2.44. The summed E-state index contributed by atoms with van der Waals surface area (Å²) >= 11 is 0. The highest BCUT2D eigenvalue weighted by Gasteiger charge is 2.20. The molecule has 98 valence electrons. The first kappa shape index (κ1) is 14.2. The molecule has 4 heteroatoms. The molecule has 0 aromatic carbocycles. The Bertz CT molecular complexity index is 302. The number of hydrogen-bond donors (Lipinski definition) is 2. The molecule has 0 fully saturated rings. The number of hydrogen-bond acceptors (Lipinski definition) is 3. The van der Waals surface area contributed by atoms with Gasteiger partial charge in [-0.3, -0.25) is 11.3 Å². The Morgan fingerprint density at radius 1 is 1.35 bits per heavy atom. The van der Waals surface area contributed by atoms with Gasteiger partial charge in [0.1, 0.15) is 5.82 Å². The minimum Gasteiger partial charge on any atom is -0.338 e. The maximum Gasteiger partial charge on any atom is 0.109 e. The van der Waals surface area contributed by atoms with Crippen LogP contribution in [-0.4, -0.2) is 15.6 Å². The van der Waals surface area contributed by atoms with Crippen molar-refractivity contribution in [2.45, 2.75) is 52.0 Å². The van der Waals surface area contributed by atoms with E-state index in [1.807, 2.05) is 19.4 Å². The quantitative estimate of drug-likeness (QED) is 0.538. The highest BCUT2D eigenvalue weighted by atomic mass is 15.2. The van der Waals surface area contributed by atoms with E-state index in [1.54, 1.807) is 0 Å². The Balaban J connectivity index is 2.64. The van der Waals surface area contributed by atoms with Crippen LogP contribution in [0.1, 0.15) is 45.4 Å². The van der Waals surface area contributed by atoms with Crippen LogP contribution >= 0.6 is 0 Å². The summed E-state index contributed by atoms with van der Waals surface area (Å²) in [6.07, 6.45) is 9.62. The van der Waals surface area contributed by atoms with E-state index in [0.717, 1.165) is 12.2 Å². The van der Waals surface area contributed by atoms with Crippen LogP contribution in [-0.2, 0) is 13.5 Å². The summed E-state index contributed by atoms with van der Waals surface area (Å²) in [5.41, 5.74) is 2.98. The first-order valence-corrected chi connectivity index (χ1v) is 6.65. The van der Waals surface area contributed by atoms with Gasteiger partial charge in [-0.2, -0.15) is 0 Å². The molecule has 0 bridgehead atoms. The summed E-state index contributed by atoms with van der Waals surface area (Å²) in [7, 11) is 2.03. The Labute approximate surface area is 105 Å². The molecule has 0 saturated heterocycles. The van der Waals surface area contributed by atoms with Crippen molar-refractivity contribution in [1.82, 2.24) is 15.0 Å². The number of aryl methyl sites for hydroxylation is 1. The Hall–Kier alpha value is -0.870. The molecule has 0 radical (unpaired) electrons. The molecule has 0 amide bonds. The summed E-state index contributed by atoms with van der Waals surface area (Å²) < 4.78 is 2.07. The second-order valence-electron chi connectivity index (χ2n) is 4.77. The number of imidazole rings is 1. The number of rotatable bonds is 8. The van der Waals surface area contributed by atoms with Gasteiger partial charge in [0.25, 0.3) is 0 Å². The minimum atomic E-state index is 0.330. The SMILES string of the molecule is CCCC(CCC)C(Cc1nccn1C)NN.